The summed E-state index contributed by atoms with van der Waals surface area (Å²) < 4.78 is 10.9. The first-order chi connectivity index (χ1) is 9.56. The van der Waals surface area contributed by atoms with Crippen LogP contribution in [0.5, 0.6) is 5.75 Å². The highest BCUT2D eigenvalue weighted by atomic mass is 16.5. The zero-order valence-electron chi connectivity index (χ0n) is 12.5. The fraction of sp³-hybridized carbons (Fsp3) is 0.375. The maximum atomic E-state index is 5.75. The molecular weight excluding hydrogens is 252 g/mol. The zero-order chi connectivity index (χ0) is 14.7. The first-order valence-corrected chi connectivity index (χ1v) is 6.72. The minimum absolute atomic E-state index is 0.0274. The second kappa shape index (κ2) is 6.11. The molecule has 20 heavy (non-hydrogen) atoms. The van der Waals surface area contributed by atoms with Gasteiger partial charge in [0.25, 0.3) is 0 Å². The zero-order valence-corrected chi connectivity index (χ0v) is 12.5. The number of hydrogen-bond acceptors (Lipinski definition) is 4. The summed E-state index contributed by atoms with van der Waals surface area (Å²) in [6.45, 7) is 6.02. The summed E-state index contributed by atoms with van der Waals surface area (Å²) in [4.78, 5) is 0. The molecule has 1 unspecified atom stereocenters. The van der Waals surface area contributed by atoms with Crippen molar-refractivity contribution in [3.8, 4) is 5.75 Å². The molecule has 0 radical (unpaired) electrons. The van der Waals surface area contributed by atoms with E-state index in [1.165, 1.54) is 5.56 Å². The molecule has 0 saturated heterocycles. The summed E-state index contributed by atoms with van der Waals surface area (Å²) in [5.41, 5.74) is 6.38. The first-order valence-electron chi connectivity index (χ1n) is 6.72. The molecule has 2 aromatic rings. The van der Waals surface area contributed by atoms with Crippen molar-refractivity contribution in [1.29, 1.82) is 0 Å². The van der Waals surface area contributed by atoms with Crippen molar-refractivity contribution in [2.45, 2.75) is 33.2 Å². The lowest BCUT2D eigenvalue weighted by molar-refractivity contribution is 0.413. The van der Waals surface area contributed by atoms with Gasteiger partial charge in [-0.25, -0.2) is 0 Å². The molecule has 1 aromatic carbocycles. The lowest BCUT2D eigenvalue weighted by Gasteiger charge is -2.17. The molecule has 1 atom stereocenters. The van der Waals surface area contributed by atoms with Crippen molar-refractivity contribution in [1.82, 2.24) is 5.43 Å². The molecule has 4 nitrogen and oxygen atoms in total. The van der Waals surface area contributed by atoms with Gasteiger partial charge in [-0.05, 0) is 50.5 Å². The molecule has 0 aliphatic rings. The predicted octanol–water partition coefficient (Wildman–Crippen LogP) is 2.96. The van der Waals surface area contributed by atoms with E-state index in [2.05, 4.69) is 18.4 Å². The Balaban J connectivity index is 2.28. The number of ether oxygens (including phenoxy) is 1. The average Bonchev–Trinajstić information content (AvgIpc) is 2.70. The summed E-state index contributed by atoms with van der Waals surface area (Å²) in [5, 5.41) is 0. The highest BCUT2D eigenvalue weighted by Crippen LogP contribution is 2.29. The van der Waals surface area contributed by atoms with E-state index in [-0.39, 0.29) is 6.04 Å². The fourth-order valence-electron chi connectivity index (χ4n) is 2.60. The van der Waals surface area contributed by atoms with Crippen molar-refractivity contribution in [3.05, 3.63) is 52.5 Å². The van der Waals surface area contributed by atoms with Crippen LogP contribution in [0, 0.1) is 20.8 Å². The van der Waals surface area contributed by atoms with Crippen LogP contribution in [0.1, 0.15) is 34.3 Å². The Labute approximate surface area is 119 Å². The molecular formula is C16H22N2O2. The van der Waals surface area contributed by atoms with Gasteiger partial charge in [0.05, 0.1) is 13.2 Å². The molecule has 0 spiro atoms. The minimum atomic E-state index is 0.0274. The molecule has 1 heterocycles. The van der Waals surface area contributed by atoms with E-state index in [1.54, 1.807) is 7.11 Å². The minimum Gasteiger partial charge on any atom is -0.497 e. The molecule has 0 bridgehead atoms. The number of furan rings is 1. The van der Waals surface area contributed by atoms with Gasteiger partial charge in [0.2, 0.25) is 0 Å². The molecule has 4 heteroatoms. The van der Waals surface area contributed by atoms with Crippen LogP contribution in [0.15, 0.2) is 28.7 Å². The van der Waals surface area contributed by atoms with E-state index in [9.17, 15) is 0 Å². The van der Waals surface area contributed by atoms with E-state index >= 15 is 0 Å². The maximum Gasteiger partial charge on any atom is 0.119 e. The third kappa shape index (κ3) is 2.86. The molecule has 0 aliphatic heterocycles. The van der Waals surface area contributed by atoms with Crippen LogP contribution in [0.25, 0.3) is 0 Å². The highest BCUT2D eigenvalue weighted by Gasteiger charge is 2.20. The lowest BCUT2D eigenvalue weighted by Crippen LogP contribution is -2.30. The van der Waals surface area contributed by atoms with Gasteiger partial charge in [0.1, 0.15) is 17.3 Å². The van der Waals surface area contributed by atoms with Crippen LogP contribution in [0.3, 0.4) is 0 Å². The van der Waals surface area contributed by atoms with Crippen LogP contribution in [0.4, 0.5) is 0 Å². The van der Waals surface area contributed by atoms with Crippen LogP contribution in [-0.4, -0.2) is 7.11 Å². The van der Waals surface area contributed by atoms with E-state index in [1.807, 2.05) is 32.0 Å². The van der Waals surface area contributed by atoms with Gasteiger partial charge in [-0.2, -0.15) is 0 Å². The number of aryl methyl sites for hydroxylation is 2. The smallest absolute Gasteiger partial charge is 0.119 e. The summed E-state index contributed by atoms with van der Waals surface area (Å²) in [6.07, 6.45) is 0.786. The Morgan fingerprint density at radius 2 is 2.00 bits per heavy atom. The quantitative estimate of drug-likeness (QED) is 0.650. The third-order valence-corrected chi connectivity index (χ3v) is 3.74. The Kier molecular flexibility index (Phi) is 4.47. The van der Waals surface area contributed by atoms with Gasteiger partial charge < -0.3 is 9.15 Å². The van der Waals surface area contributed by atoms with Gasteiger partial charge in [-0.15, -0.1) is 0 Å². The van der Waals surface area contributed by atoms with Crippen molar-refractivity contribution in [2.24, 2.45) is 5.84 Å². The lowest BCUT2D eigenvalue weighted by atomic mass is 9.96. The summed E-state index contributed by atoms with van der Waals surface area (Å²) in [5.74, 6) is 8.47. The summed E-state index contributed by atoms with van der Waals surface area (Å²) >= 11 is 0. The summed E-state index contributed by atoms with van der Waals surface area (Å²) in [7, 11) is 1.67. The number of benzene rings is 1. The summed E-state index contributed by atoms with van der Waals surface area (Å²) in [6, 6.07) is 8.06. The third-order valence-electron chi connectivity index (χ3n) is 3.74. The number of hydrazine groups is 1. The van der Waals surface area contributed by atoms with Crippen molar-refractivity contribution in [2.75, 3.05) is 7.11 Å². The van der Waals surface area contributed by atoms with Gasteiger partial charge in [0, 0.05) is 5.56 Å². The van der Waals surface area contributed by atoms with Gasteiger partial charge in [-0.3, -0.25) is 11.3 Å². The maximum absolute atomic E-state index is 5.75. The number of hydrogen-bond donors (Lipinski definition) is 2. The fourth-order valence-corrected chi connectivity index (χ4v) is 2.60. The van der Waals surface area contributed by atoms with E-state index < -0.39 is 0 Å². The normalized spacial score (nSPS) is 12.4. The van der Waals surface area contributed by atoms with Crippen molar-refractivity contribution in [3.63, 3.8) is 0 Å². The SMILES string of the molecule is COc1cccc(CC(NN)c2c(C)oc(C)c2C)c1. The van der Waals surface area contributed by atoms with Crippen molar-refractivity contribution < 1.29 is 9.15 Å². The molecule has 108 valence electrons. The molecule has 0 aliphatic carbocycles. The number of rotatable bonds is 5. The van der Waals surface area contributed by atoms with E-state index in [0.29, 0.717) is 0 Å². The second-order valence-electron chi connectivity index (χ2n) is 5.03. The van der Waals surface area contributed by atoms with Gasteiger partial charge >= 0.3 is 0 Å². The molecule has 2 rings (SSSR count). The molecule has 0 saturated carbocycles. The van der Waals surface area contributed by atoms with E-state index in [4.69, 9.17) is 15.0 Å². The number of methoxy groups -OCH3 is 1. The number of nitrogens with two attached hydrogens (primary N) is 1. The average molecular weight is 274 g/mol. The van der Waals surface area contributed by atoms with Crippen LogP contribution in [0.2, 0.25) is 0 Å². The van der Waals surface area contributed by atoms with Crippen LogP contribution < -0.4 is 16.0 Å². The predicted molar refractivity (Wildman–Crippen MR) is 79.7 cm³/mol. The standard InChI is InChI=1S/C16H22N2O2/c1-10-11(2)20-12(3)16(10)15(18-17)9-13-6-5-7-14(8-13)19-4/h5-8,15,18H,9,17H2,1-4H3. The topological polar surface area (TPSA) is 60.4 Å². The first kappa shape index (κ1) is 14.6. The van der Waals surface area contributed by atoms with Gasteiger partial charge in [-0.1, -0.05) is 12.1 Å². The Morgan fingerprint density at radius 1 is 1.25 bits per heavy atom. The van der Waals surface area contributed by atoms with Gasteiger partial charge in [0.15, 0.2) is 0 Å². The Hall–Kier alpha value is -1.78. The largest absolute Gasteiger partial charge is 0.497 e. The molecule has 1 aromatic heterocycles. The molecule has 0 fully saturated rings. The Morgan fingerprint density at radius 3 is 2.55 bits per heavy atom. The van der Waals surface area contributed by atoms with E-state index in [0.717, 1.165) is 34.8 Å². The molecule has 0 amide bonds. The second-order valence-corrected chi connectivity index (χ2v) is 5.03. The van der Waals surface area contributed by atoms with Crippen molar-refractivity contribution >= 4 is 0 Å². The monoisotopic (exact) mass is 274 g/mol. The Bertz CT molecular complexity index is 590. The molecule has 3 N–H and O–H groups in total. The van der Waals surface area contributed by atoms with Crippen LogP contribution in [-0.2, 0) is 6.42 Å². The highest BCUT2D eigenvalue weighted by molar-refractivity contribution is 5.36. The van der Waals surface area contributed by atoms with Crippen LogP contribution >= 0.6 is 0 Å². The number of nitrogens with one attached hydrogen (secondary N) is 1.